The van der Waals surface area contributed by atoms with Crippen molar-refractivity contribution in [1.82, 2.24) is 41.0 Å². The van der Waals surface area contributed by atoms with E-state index in [1.165, 1.54) is 26.5 Å². The van der Waals surface area contributed by atoms with Crippen LogP contribution >= 0.6 is 34.7 Å². The number of anilines is 2. The number of halogens is 1. The Morgan fingerprint density at radius 1 is 0.750 bits per heavy atom. The molecule has 584 valence electrons. The molecule has 5 aromatic carbocycles. The van der Waals surface area contributed by atoms with Gasteiger partial charge in [-0.05, 0) is 145 Å². The number of morpholine rings is 1. The van der Waals surface area contributed by atoms with Crippen molar-refractivity contribution in [2.75, 3.05) is 161 Å². The average molecular weight is 1540 g/mol. The van der Waals surface area contributed by atoms with E-state index in [0.29, 0.717) is 56.7 Å². The number of allylic oxidation sites excluding steroid dienone is 1. The second kappa shape index (κ2) is 41.7. The largest absolute Gasteiger partial charge is 0.391 e. The molecule has 6 aromatic rings. The number of likely N-dealkylation sites (tertiary alicyclic amines) is 1. The van der Waals surface area contributed by atoms with E-state index in [4.69, 9.17) is 40.0 Å². The maximum atomic E-state index is 14.1. The van der Waals surface area contributed by atoms with Gasteiger partial charge >= 0.3 is 0 Å². The van der Waals surface area contributed by atoms with Crippen LogP contribution in [0.15, 0.2) is 137 Å². The Morgan fingerprint density at radius 2 is 1.40 bits per heavy atom. The fraction of sp³-hybridized carbons (Fsp3) is 0.518. The summed E-state index contributed by atoms with van der Waals surface area (Å²) in [5, 5.41) is 27.4. The van der Waals surface area contributed by atoms with Crippen LogP contribution in [0.2, 0.25) is 5.02 Å². The highest BCUT2D eigenvalue weighted by molar-refractivity contribution is 7.99. The molecule has 0 bridgehead atoms. The second-order valence-electron chi connectivity index (χ2n) is 30.0. The zero-order chi connectivity index (χ0) is 76.4. The molecule has 1 unspecified atom stereocenters. The van der Waals surface area contributed by atoms with E-state index in [0.717, 1.165) is 141 Å². The summed E-state index contributed by atoms with van der Waals surface area (Å²) in [6.07, 6.45) is 2.87. The Balaban J connectivity index is 0.567. The number of thioether (sulfide) groups is 1. The van der Waals surface area contributed by atoms with Gasteiger partial charge in [-0.25, -0.2) is 4.98 Å². The number of piperazine rings is 1. The standard InChI is InChI=1S/C83H111ClN10O12S2/c1-58-47-61(13-26-73(58)89-68(28-30-91-35-37-101-38-36-91)55-107-71-11-9-8-10-12-71)50-85-79(98)65-20-24-69(25-21-65)93-33-31-92(32-34-93)51-66-49-83(7,29-27-72(66)63-18-22-67(84)23-19-63)56-86-75(96)53-105-45-43-103-41-39-102-40-42-104-44-46-106-54-76(97)90-78(82(4,5)6)81(100)94-52-70(95)48-74(94)80(99)88-59(2)62-14-16-64(17-15-62)77-60(3)87-57-108-77/h8-26,47,57,59,68,70,74,78,89,95H,27-46,48-56H2,1-7H3,(H,85,98)(H,86,96)(H,88,99)(H,90,97)/t59-,68+,70+,74-,78+,83?/m0/s1. The molecule has 3 saturated heterocycles. The summed E-state index contributed by atoms with van der Waals surface area (Å²) in [6, 6.07) is 39.1. The highest BCUT2D eigenvalue weighted by Gasteiger charge is 2.45. The van der Waals surface area contributed by atoms with Gasteiger partial charge in [0.05, 0.1) is 94.3 Å². The predicted molar refractivity (Wildman–Crippen MR) is 428 cm³/mol. The highest BCUT2D eigenvalue weighted by atomic mass is 35.5. The summed E-state index contributed by atoms with van der Waals surface area (Å²) in [7, 11) is 0. The van der Waals surface area contributed by atoms with Crippen molar-refractivity contribution < 1.29 is 57.5 Å². The zero-order valence-electron chi connectivity index (χ0n) is 63.9. The average Bonchev–Trinajstić information content (AvgIpc) is 1.33. The molecule has 4 heterocycles. The lowest BCUT2D eigenvalue weighted by molar-refractivity contribution is -0.144. The lowest BCUT2D eigenvalue weighted by Gasteiger charge is -2.41. The lowest BCUT2D eigenvalue weighted by Crippen LogP contribution is -2.58. The van der Waals surface area contributed by atoms with Crippen molar-refractivity contribution in [3.05, 3.63) is 171 Å². The number of hydrogen-bond donors (Lipinski definition) is 6. The van der Waals surface area contributed by atoms with Crippen molar-refractivity contribution in [3.63, 3.8) is 0 Å². The molecule has 3 aliphatic heterocycles. The third-order valence-corrected chi connectivity index (χ3v) is 22.8. The number of ether oxygens (including phenoxy) is 6. The van der Waals surface area contributed by atoms with Crippen LogP contribution in [-0.2, 0) is 54.1 Å². The number of aromatic nitrogens is 1. The summed E-state index contributed by atoms with van der Waals surface area (Å²) >= 11 is 9.82. The van der Waals surface area contributed by atoms with Crippen molar-refractivity contribution in [3.8, 4) is 10.4 Å². The van der Waals surface area contributed by atoms with Gasteiger partial charge in [-0.15, -0.1) is 23.1 Å². The van der Waals surface area contributed by atoms with E-state index in [-0.39, 0.29) is 81.2 Å². The quantitative estimate of drug-likeness (QED) is 0.0155. The fourth-order valence-corrected chi connectivity index (χ4v) is 16.1. The second-order valence-corrected chi connectivity index (χ2v) is 32.4. The number of aliphatic hydroxyl groups excluding tert-OH is 1. The van der Waals surface area contributed by atoms with Gasteiger partial charge in [0.1, 0.15) is 25.3 Å². The normalized spacial score (nSPS) is 18.9. The van der Waals surface area contributed by atoms with E-state index in [2.05, 4.69) is 133 Å². The molecule has 5 amide bonds. The highest BCUT2D eigenvalue weighted by Crippen LogP contribution is 2.43. The number of amides is 5. The molecular formula is C83H111ClN10O12S2. The third kappa shape index (κ3) is 25.6. The van der Waals surface area contributed by atoms with Gasteiger partial charge < -0.3 is 69.9 Å². The maximum Gasteiger partial charge on any atom is 0.251 e. The van der Waals surface area contributed by atoms with Crippen LogP contribution < -0.4 is 31.5 Å². The Kier molecular flexibility index (Phi) is 32.1. The molecule has 1 aromatic heterocycles. The first kappa shape index (κ1) is 83.2. The molecule has 1 aliphatic carbocycles. The van der Waals surface area contributed by atoms with Crippen molar-refractivity contribution in [1.29, 1.82) is 0 Å². The van der Waals surface area contributed by atoms with E-state index in [9.17, 15) is 29.1 Å². The summed E-state index contributed by atoms with van der Waals surface area (Å²) in [5.74, 6) is -0.648. The molecule has 6 N–H and O–H groups in total. The van der Waals surface area contributed by atoms with Gasteiger partial charge in [-0.2, -0.15) is 0 Å². The Morgan fingerprint density at radius 3 is 2.04 bits per heavy atom. The van der Waals surface area contributed by atoms with Gasteiger partial charge in [0, 0.05) is 117 Å². The number of hydrogen-bond acceptors (Lipinski definition) is 19. The van der Waals surface area contributed by atoms with E-state index >= 15 is 0 Å². The smallest absolute Gasteiger partial charge is 0.251 e. The number of carbonyl (C=O) groups is 5. The van der Waals surface area contributed by atoms with Gasteiger partial charge in [-0.1, -0.05) is 112 Å². The molecule has 0 spiro atoms. The Labute approximate surface area is 651 Å². The topological polar surface area (TPSA) is 247 Å². The first-order valence-electron chi connectivity index (χ1n) is 38.0. The summed E-state index contributed by atoms with van der Waals surface area (Å²) < 4.78 is 33.8. The van der Waals surface area contributed by atoms with Crippen LogP contribution in [0.3, 0.4) is 0 Å². The molecule has 4 aliphatic rings. The lowest BCUT2D eigenvalue weighted by atomic mass is 9.71. The zero-order valence-corrected chi connectivity index (χ0v) is 66.3. The predicted octanol–water partition coefficient (Wildman–Crippen LogP) is 10.6. The summed E-state index contributed by atoms with van der Waals surface area (Å²) in [4.78, 5) is 83.1. The first-order valence-corrected chi connectivity index (χ1v) is 40.3. The minimum Gasteiger partial charge on any atom is -0.391 e. The van der Waals surface area contributed by atoms with Crippen LogP contribution in [0.5, 0.6) is 0 Å². The maximum absolute atomic E-state index is 14.1. The number of nitrogens with one attached hydrogen (secondary N) is 5. The number of thiazole rings is 1. The number of aryl methyl sites for hydroxylation is 2. The van der Waals surface area contributed by atoms with Gasteiger partial charge in [0.2, 0.25) is 23.6 Å². The van der Waals surface area contributed by atoms with Crippen LogP contribution in [0.1, 0.15) is 111 Å². The molecule has 3 fully saturated rings. The number of β-amino-alcohol motifs (C(OH)–C–C–N with tert-alkyl or cyclic N) is 1. The molecule has 0 radical (unpaired) electrons. The van der Waals surface area contributed by atoms with Gasteiger partial charge in [0.25, 0.3) is 5.91 Å². The SMILES string of the molecule is Cc1cc(CNC(=O)c2ccc(N3CCN(CC4=C(c5ccc(Cl)cc5)CCC(C)(CNC(=O)COCCOCCOCCOCCOCC(=O)N[C@H](C(=O)N5C[C@H](O)C[C@H]5C(=O)N[C@@H](C)c5ccc(-c6scnc6C)cc5)C(C)(C)C)C4)CC3)cc2)ccc1N[C@H](CCN1CCOCC1)CSc1ccccc1. The van der Waals surface area contributed by atoms with Crippen molar-refractivity contribution >= 4 is 81.2 Å². The van der Waals surface area contributed by atoms with Crippen LogP contribution in [0.25, 0.3) is 16.0 Å². The van der Waals surface area contributed by atoms with Crippen LogP contribution in [-0.4, -0.2) is 229 Å². The number of rotatable bonds is 39. The molecule has 0 saturated carbocycles. The van der Waals surface area contributed by atoms with E-state index in [1.54, 1.807) is 11.3 Å². The van der Waals surface area contributed by atoms with Crippen molar-refractivity contribution in [2.45, 2.75) is 122 Å². The molecule has 22 nitrogen and oxygen atoms in total. The van der Waals surface area contributed by atoms with E-state index < -0.39 is 35.4 Å². The van der Waals surface area contributed by atoms with Crippen molar-refractivity contribution in [2.24, 2.45) is 10.8 Å². The molecule has 25 heteroatoms. The molecule has 10 rings (SSSR count). The number of carbonyl (C=O) groups excluding carboxylic acids is 5. The van der Waals surface area contributed by atoms with Crippen LogP contribution in [0.4, 0.5) is 11.4 Å². The van der Waals surface area contributed by atoms with Gasteiger partial charge in [-0.3, -0.25) is 33.8 Å². The number of aliphatic hydroxyl groups is 1. The fourth-order valence-electron chi connectivity index (χ4n) is 14.1. The van der Waals surface area contributed by atoms with Gasteiger partial charge in [0.15, 0.2) is 0 Å². The Hall–Kier alpha value is -7.30. The summed E-state index contributed by atoms with van der Waals surface area (Å²) in [6.45, 7) is 25.4. The minimum atomic E-state index is -0.990. The summed E-state index contributed by atoms with van der Waals surface area (Å²) in [5.41, 5.74) is 12.8. The number of benzene rings is 5. The third-order valence-electron chi connectivity index (χ3n) is 20.4. The van der Waals surface area contributed by atoms with E-state index in [1.807, 2.05) is 100 Å². The van der Waals surface area contributed by atoms with Crippen LogP contribution in [0, 0.1) is 24.7 Å². The molecule has 108 heavy (non-hydrogen) atoms. The monoisotopic (exact) mass is 1540 g/mol. The first-order chi connectivity index (χ1) is 52.1. The number of nitrogens with zero attached hydrogens (tertiary/aromatic N) is 5. The molecular weight excluding hydrogens is 1430 g/mol. The Bertz CT molecular complexity index is 3870. The minimum absolute atomic E-state index is 0.0339. The molecule has 6 atom stereocenters.